The number of allylic oxidation sites excluding steroid dienone is 1. The summed E-state index contributed by atoms with van der Waals surface area (Å²) >= 11 is 0. The number of aliphatic hydroxyl groups excluding tert-OH is 1. The van der Waals surface area contributed by atoms with Gasteiger partial charge in [0.05, 0.1) is 18.1 Å². The Hall–Kier alpha value is -0.890. The van der Waals surface area contributed by atoms with Crippen molar-refractivity contribution in [2.24, 2.45) is 17.8 Å². The summed E-state index contributed by atoms with van der Waals surface area (Å²) in [7, 11) is 0. The molecule has 2 aliphatic rings. The maximum Gasteiger partial charge on any atom is 0.0791 e. The van der Waals surface area contributed by atoms with Crippen molar-refractivity contribution in [3.8, 4) is 6.07 Å². The van der Waals surface area contributed by atoms with E-state index in [0.717, 1.165) is 32.5 Å². The van der Waals surface area contributed by atoms with Crippen molar-refractivity contribution in [1.29, 1.82) is 5.26 Å². The van der Waals surface area contributed by atoms with Crippen molar-refractivity contribution in [3.05, 3.63) is 12.2 Å². The lowest BCUT2D eigenvalue weighted by atomic mass is 9.70. The van der Waals surface area contributed by atoms with E-state index in [2.05, 4.69) is 36.7 Å². The second kappa shape index (κ2) is 8.82. The summed E-state index contributed by atoms with van der Waals surface area (Å²) < 4.78 is 0. The number of β-amino-alcohol motifs (C(OH)–C–C–N with tert-alkyl or cyclic N) is 1. The van der Waals surface area contributed by atoms with Crippen LogP contribution in [0.1, 0.15) is 46.0 Å². The van der Waals surface area contributed by atoms with Crippen molar-refractivity contribution in [2.75, 3.05) is 26.2 Å². The summed E-state index contributed by atoms with van der Waals surface area (Å²) in [5.41, 5.74) is 1.18. The van der Waals surface area contributed by atoms with E-state index >= 15 is 0 Å². The molecule has 2 fully saturated rings. The molecule has 1 saturated heterocycles. The van der Waals surface area contributed by atoms with Gasteiger partial charge in [0.2, 0.25) is 0 Å². The molecule has 2 rings (SSSR count). The summed E-state index contributed by atoms with van der Waals surface area (Å²) in [6.45, 7) is 11.9. The largest absolute Gasteiger partial charge is 0.390 e. The van der Waals surface area contributed by atoms with E-state index in [0.29, 0.717) is 24.4 Å². The Balaban J connectivity index is 1.82. The molecule has 0 spiro atoms. The zero-order valence-corrected chi connectivity index (χ0v) is 14.8. The first-order chi connectivity index (χ1) is 11.0. The van der Waals surface area contributed by atoms with Crippen molar-refractivity contribution < 1.29 is 5.11 Å². The first kappa shape index (κ1) is 18.4. The van der Waals surface area contributed by atoms with Crippen LogP contribution in [0.4, 0.5) is 0 Å². The molecule has 0 aromatic carbocycles. The number of nitrogens with zero attached hydrogens (tertiary/aromatic N) is 2. The molecule has 4 heteroatoms. The quantitative estimate of drug-likeness (QED) is 0.739. The van der Waals surface area contributed by atoms with Crippen molar-refractivity contribution >= 4 is 0 Å². The summed E-state index contributed by atoms with van der Waals surface area (Å²) in [5.74, 6) is 0.840. The number of nitrogens with one attached hydrogen (secondary N) is 1. The van der Waals surface area contributed by atoms with Gasteiger partial charge in [-0.2, -0.15) is 5.26 Å². The molecule has 4 nitrogen and oxygen atoms in total. The zero-order chi connectivity index (χ0) is 16.8. The smallest absolute Gasteiger partial charge is 0.0791 e. The molecule has 0 amide bonds. The highest BCUT2D eigenvalue weighted by atomic mass is 16.3. The fraction of sp³-hybridized carbons (Fsp3) is 0.842. The molecule has 1 saturated carbocycles. The molecule has 0 aromatic heterocycles. The third-order valence-corrected chi connectivity index (χ3v) is 5.74. The van der Waals surface area contributed by atoms with Crippen molar-refractivity contribution in [2.45, 2.75) is 58.1 Å². The average molecular weight is 319 g/mol. The van der Waals surface area contributed by atoms with Gasteiger partial charge in [0, 0.05) is 19.1 Å². The lowest BCUT2D eigenvalue weighted by molar-refractivity contribution is 0.0894. The molecular weight excluding hydrogens is 286 g/mol. The first-order valence-corrected chi connectivity index (χ1v) is 9.20. The van der Waals surface area contributed by atoms with Crippen LogP contribution in [0.25, 0.3) is 0 Å². The third kappa shape index (κ3) is 5.31. The van der Waals surface area contributed by atoms with Crippen LogP contribution >= 0.6 is 0 Å². The number of nitriles is 1. The van der Waals surface area contributed by atoms with Crippen LogP contribution in [0.3, 0.4) is 0 Å². The van der Waals surface area contributed by atoms with E-state index in [4.69, 9.17) is 0 Å². The minimum atomic E-state index is -0.328. The van der Waals surface area contributed by atoms with Gasteiger partial charge in [0.15, 0.2) is 0 Å². The topological polar surface area (TPSA) is 59.3 Å². The van der Waals surface area contributed by atoms with E-state index in [1.165, 1.54) is 24.8 Å². The van der Waals surface area contributed by atoms with Crippen LogP contribution in [0.15, 0.2) is 12.2 Å². The lowest BCUT2D eigenvalue weighted by Crippen LogP contribution is -2.48. The van der Waals surface area contributed by atoms with Crippen molar-refractivity contribution in [3.63, 3.8) is 0 Å². The fourth-order valence-corrected chi connectivity index (χ4v) is 4.05. The number of rotatable bonds is 6. The Morgan fingerprint density at radius 1 is 1.35 bits per heavy atom. The van der Waals surface area contributed by atoms with E-state index in [1.807, 2.05) is 0 Å². The molecule has 0 aromatic rings. The lowest BCUT2D eigenvalue weighted by Gasteiger charge is -2.39. The molecule has 130 valence electrons. The maximum absolute atomic E-state index is 10.3. The summed E-state index contributed by atoms with van der Waals surface area (Å²) in [5, 5.41) is 23.3. The minimum absolute atomic E-state index is 0.0854. The predicted molar refractivity (Wildman–Crippen MR) is 93.9 cm³/mol. The van der Waals surface area contributed by atoms with Gasteiger partial charge in [-0.25, -0.2) is 0 Å². The number of hydrogen-bond acceptors (Lipinski definition) is 4. The molecule has 23 heavy (non-hydrogen) atoms. The van der Waals surface area contributed by atoms with Gasteiger partial charge < -0.3 is 15.3 Å². The van der Waals surface area contributed by atoms with Gasteiger partial charge in [-0.15, -0.1) is 0 Å². The highest BCUT2D eigenvalue weighted by molar-refractivity contribution is 5.06. The molecule has 4 unspecified atom stereocenters. The highest BCUT2D eigenvalue weighted by Gasteiger charge is 2.35. The van der Waals surface area contributed by atoms with Crippen LogP contribution in [0.2, 0.25) is 0 Å². The Morgan fingerprint density at radius 2 is 2.04 bits per heavy atom. The van der Waals surface area contributed by atoms with Crippen LogP contribution in [-0.2, 0) is 0 Å². The molecule has 0 bridgehead atoms. The van der Waals surface area contributed by atoms with Crippen LogP contribution in [0, 0.1) is 29.1 Å². The summed E-state index contributed by atoms with van der Waals surface area (Å²) in [6, 6.07) is 2.77. The molecule has 5 atom stereocenters. The van der Waals surface area contributed by atoms with Gasteiger partial charge in [-0.3, -0.25) is 0 Å². The number of likely N-dealkylation sites (tertiary alicyclic amines) is 1. The second-order valence-corrected chi connectivity index (χ2v) is 7.64. The summed E-state index contributed by atoms with van der Waals surface area (Å²) in [6.07, 6.45) is 5.47. The van der Waals surface area contributed by atoms with E-state index in [9.17, 15) is 10.4 Å². The van der Waals surface area contributed by atoms with Crippen LogP contribution < -0.4 is 5.32 Å². The number of hydrogen-bond donors (Lipinski definition) is 2. The Labute approximate surface area is 141 Å². The first-order valence-electron chi connectivity index (χ1n) is 9.20. The molecule has 2 N–H and O–H groups in total. The number of aliphatic hydroxyl groups is 1. The van der Waals surface area contributed by atoms with Gasteiger partial charge in [-0.05, 0) is 57.5 Å². The van der Waals surface area contributed by atoms with E-state index < -0.39 is 0 Å². The van der Waals surface area contributed by atoms with Crippen molar-refractivity contribution in [1.82, 2.24) is 10.2 Å². The normalized spacial score (nSPS) is 33.8. The Kier molecular flexibility index (Phi) is 7.08. The molecule has 1 aliphatic heterocycles. The van der Waals surface area contributed by atoms with Gasteiger partial charge in [0.25, 0.3) is 0 Å². The standard InChI is InChI=1S/C19H33N3O/c1-14(2)16-9-17(11-20)15(3)19(10-16)21-12-18(23)13-22-7-5-4-6-8-22/h15-19,21,23H,1,4-10,12-13H2,2-3H3/t15?,16-,17?,18?,19?/m1/s1. The third-order valence-electron chi connectivity index (χ3n) is 5.74. The zero-order valence-electron chi connectivity index (χ0n) is 14.8. The predicted octanol–water partition coefficient (Wildman–Crippen LogP) is 2.55. The molecular formula is C19H33N3O. The Morgan fingerprint density at radius 3 is 2.65 bits per heavy atom. The Bertz CT molecular complexity index is 425. The van der Waals surface area contributed by atoms with Crippen LogP contribution in [-0.4, -0.2) is 48.3 Å². The fourth-order valence-electron chi connectivity index (χ4n) is 4.05. The summed E-state index contributed by atoms with van der Waals surface area (Å²) in [4.78, 5) is 2.37. The van der Waals surface area contributed by atoms with Crippen LogP contribution in [0.5, 0.6) is 0 Å². The van der Waals surface area contributed by atoms with E-state index in [1.54, 1.807) is 0 Å². The molecule has 1 heterocycles. The SMILES string of the molecule is C=C(C)[C@@H]1CC(C#N)C(C)C(NCC(O)CN2CCCCC2)C1. The molecule has 0 radical (unpaired) electrons. The van der Waals surface area contributed by atoms with E-state index in [-0.39, 0.29) is 12.0 Å². The van der Waals surface area contributed by atoms with Gasteiger partial charge in [-0.1, -0.05) is 25.5 Å². The minimum Gasteiger partial charge on any atom is -0.390 e. The monoisotopic (exact) mass is 319 g/mol. The highest BCUT2D eigenvalue weighted by Crippen LogP contribution is 2.36. The molecule has 1 aliphatic carbocycles. The maximum atomic E-state index is 10.3. The average Bonchev–Trinajstić information content (AvgIpc) is 2.54. The number of piperidine rings is 1. The van der Waals surface area contributed by atoms with Gasteiger partial charge in [0.1, 0.15) is 0 Å². The van der Waals surface area contributed by atoms with Gasteiger partial charge >= 0.3 is 0 Å². The second-order valence-electron chi connectivity index (χ2n) is 7.64.